The molecule has 1 N–H and O–H groups in total. The van der Waals surface area contributed by atoms with Crippen LogP contribution in [-0.4, -0.2) is 26.9 Å². The first-order chi connectivity index (χ1) is 9.94. The second kappa shape index (κ2) is 6.81. The lowest BCUT2D eigenvalue weighted by atomic mass is 10.1. The van der Waals surface area contributed by atoms with Crippen molar-refractivity contribution in [2.24, 2.45) is 0 Å². The average molecular weight is 319 g/mol. The summed E-state index contributed by atoms with van der Waals surface area (Å²) in [4.78, 5) is 0. The molecule has 1 fully saturated rings. The zero-order valence-corrected chi connectivity index (χ0v) is 12.6. The van der Waals surface area contributed by atoms with Crippen LogP contribution >= 0.6 is 0 Å². The number of halogens is 2. The van der Waals surface area contributed by atoms with Gasteiger partial charge in [-0.1, -0.05) is 6.92 Å². The van der Waals surface area contributed by atoms with Gasteiger partial charge in [0.05, 0.1) is 5.25 Å². The first-order valence-electron chi connectivity index (χ1n) is 6.98. The van der Waals surface area contributed by atoms with Crippen molar-refractivity contribution >= 4 is 10.0 Å². The molecule has 1 heterocycles. The molecule has 21 heavy (non-hydrogen) atoms. The minimum Gasteiger partial charge on any atom is -0.381 e. The zero-order chi connectivity index (χ0) is 15.5. The molecule has 1 aliphatic rings. The summed E-state index contributed by atoms with van der Waals surface area (Å²) >= 11 is 0. The number of ether oxygens (including phenoxy) is 1. The molecule has 0 spiro atoms. The van der Waals surface area contributed by atoms with Crippen molar-refractivity contribution in [2.45, 2.75) is 37.5 Å². The normalized spacial score (nSPS) is 18.6. The van der Waals surface area contributed by atoms with Crippen molar-refractivity contribution in [3.8, 4) is 0 Å². The van der Waals surface area contributed by atoms with Crippen molar-refractivity contribution in [3.05, 3.63) is 35.4 Å². The first kappa shape index (κ1) is 16.3. The lowest BCUT2D eigenvalue weighted by Crippen LogP contribution is -2.40. The van der Waals surface area contributed by atoms with Crippen LogP contribution in [0.4, 0.5) is 8.78 Å². The van der Waals surface area contributed by atoms with E-state index in [0.29, 0.717) is 32.5 Å². The number of hydrogen-bond acceptors (Lipinski definition) is 3. The molecule has 2 rings (SSSR count). The Labute approximate surface area is 123 Å². The molecular weight excluding hydrogens is 300 g/mol. The first-order valence-corrected chi connectivity index (χ1v) is 8.52. The zero-order valence-electron chi connectivity index (χ0n) is 11.8. The molecule has 1 aliphatic heterocycles. The smallest absolute Gasteiger partial charge is 0.215 e. The van der Waals surface area contributed by atoms with E-state index < -0.39 is 32.9 Å². The van der Waals surface area contributed by atoms with Gasteiger partial charge in [-0.2, -0.15) is 0 Å². The highest BCUT2D eigenvalue weighted by atomic mass is 32.2. The third-order valence-corrected chi connectivity index (χ3v) is 5.62. The Hall–Kier alpha value is -1.05. The van der Waals surface area contributed by atoms with E-state index in [1.54, 1.807) is 6.92 Å². The molecule has 0 amide bonds. The monoisotopic (exact) mass is 319 g/mol. The van der Waals surface area contributed by atoms with Crippen molar-refractivity contribution < 1.29 is 21.9 Å². The molecular formula is C14H19F2NO3S. The number of nitrogens with one attached hydrogen (secondary N) is 1. The lowest BCUT2D eigenvalue weighted by molar-refractivity contribution is 0.0980. The third-order valence-electron chi connectivity index (χ3n) is 3.66. The lowest BCUT2D eigenvalue weighted by Gasteiger charge is -2.25. The molecule has 1 aromatic rings. The molecule has 4 nitrogen and oxygen atoms in total. The summed E-state index contributed by atoms with van der Waals surface area (Å²) in [6.45, 7) is 2.52. The SMILES string of the molecule is CC[C@@H](NS(=O)(=O)C1CCOCC1)c1cc(F)ccc1F. The predicted molar refractivity (Wildman–Crippen MR) is 75.3 cm³/mol. The molecule has 1 atom stereocenters. The van der Waals surface area contributed by atoms with Gasteiger partial charge in [0.25, 0.3) is 0 Å². The van der Waals surface area contributed by atoms with Gasteiger partial charge in [0.15, 0.2) is 0 Å². The highest BCUT2D eigenvalue weighted by Gasteiger charge is 2.30. The van der Waals surface area contributed by atoms with Crippen LogP contribution in [-0.2, 0) is 14.8 Å². The summed E-state index contributed by atoms with van der Waals surface area (Å²) in [7, 11) is -3.59. The Morgan fingerprint density at radius 2 is 2.00 bits per heavy atom. The van der Waals surface area contributed by atoms with Crippen LogP contribution in [0.5, 0.6) is 0 Å². The van der Waals surface area contributed by atoms with Gasteiger partial charge < -0.3 is 4.74 Å². The van der Waals surface area contributed by atoms with Crippen molar-refractivity contribution in [3.63, 3.8) is 0 Å². The second-order valence-electron chi connectivity index (χ2n) is 5.10. The highest BCUT2D eigenvalue weighted by Crippen LogP contribution is 2.24. The van der Waals surface area contributed by atoms with E-state index in [9.17, 15) is 17.2 Å². The van der Waals surface area contributed by atoms with Crippen molar-refractivity contribution in [1.82, 2.24) is 4.72 Å². The van der Waals surface area contributed by atoms with E-state index in [-0.39, 0.29) is 5.56 Å². The molecule has 0 aliphatic carbocycles. The van der Waals surface area contributed by atoms with Gasteiger partial charge in [-0.15, -0.1) is 0 Å². The summed E-state index contributed by atoms with van der Waals surface area (Å²) < 4.78 is 59.4. The fourth-order valence-electron chi connectivity index (χ4n) is 2.43. The Balaban J connectivity index is 2.20. The van der Waals surface area contributed by atoms with Gasteiger partial charge in [-0.05, 0) is 37.5 Å². The Morgan fingerprint density at radius 1 is 1.33 bits per heavy atom. The Morgan fingerprint density at radius 3 is 2.62 bits per heavy atom. The molecule has 0 aromatic heterocycles. The molecule has 0 saturated carbocycles. The predicted octanol–water partition coefficient (Wildman–Crippen LogP) is 2.51. The molecule has 0 unspecified atom stereocenters. The van der Waals surface area contributed by atoms with E-state index in [1.807, 2.05) is 0 Å². The van der Waals surface area contributed by atoms with Gasteiger partial charge >= 0.3 is 0 Å². The molecule has 0 radical (unpaired) electrons. The minimum absolute atomic E-state index is 0.0353. The number of sulfonamides is 1. The summed E-state index contributed by atoms with van der Waals surface area (Å²) in [6, 6.07) is 2.29. The summed E-state index contributed by atoms with van der Waals surface area (Å²) in [5.41, 5.74) is 0.0353. The maximum absolute atomic E-state index is 13.8. The second-order valence-corrected chi connectivity index (χ2v) is 7.09. The van der Waals surface area contributed by atoms with E-state index >= 15 is 0 Å². The van der Waals surface area contributed by atoms with Gasteiger partial charge in [-0.25, -0.2) is 21.9 Å². The summed E-state index contributed by atoms with van der Waals surface area (Å²) in [6.07, 6.45) is 1.16. The summed E-state index contributed by atoms with van der Waals surface area (Å²) in [5.74, 6) is -1.20. The van der Waals surface area contributed by atoms with Crippen molar-refractivity contribution in [2.75, 3.05) is 13.2 Å². The maximum Gasteiger partial charge on any atom is 0.215 e. The van der Waals surface area contributed by atoms with Crippen LogP contribution in [0.2, 0.25) is 0 Å². The van der Waals surface area contributed by atoms with Crippen LogP contribution in [0.15, 0.2) is 18.2 Å². The van der Waals surface area contributed by atoms with E-state index in [0.717, 1.165) is 18.2 Å². The number of rotatable bonds is 5. The topological polar surface area (TPSA) is 55.4 Å². The Bertz CT molecular complexity index is 586. The minimum atomic E-state index is -3.59. The summed E-state index contributed by atoms with van der Waals surface area (Å²) in [5, 5.41) is -0.545. The van der Waals surface area contributed by atoms with Crippen LogP contribution in [0.1, 0.15) is 37.8 Å². The van der Waals surface area contributed by atoms with Crippen LogP contribution < -0.4 is 4.72 Å². The van der Waals surface area contributed by atoms with Crippen LogP contribution in [0, 0.1) is 11.6 Å². The van der Waals surface area contributed by atoms with Crippen LogP contribution in [0.25, 0.3) is 0 Å². The van der Waals surface area contributed by atoms with E-state index in [2.05, 4.69) is 4.72 Å². The van der Waals surface area contributed by atoms with Gasteiger partial charge in [0.1, 0.15) is 11.6 Å². The van der Waals surface area contributed by atoms with Gasteiger partial charge in [0, 0.05) is 24.8 Å². The fourth-order valence-corrected chi connectivity index (χ4v) is 4.12. The quantitative estimate of drug-likeness (QED) is 0.907. The van der Waals surface area contributed by atoms with Gasteiger partial charge in [-0.3, -0.25) is 0 Å². The standard InChI is InChI=1S/C14H19F2NO3S/c1-2-14(12-9-10(15)3-4-13(12)16)17-21(18,19)11-5-7-20-8-6-11/h3-4,9,11,14,17H,2,5-8H2,1H3/t14-/m1/s1. The third kappa shape index (κ3) is 3.99. The Kier molecular flexibility index (Phi) is 5.29. The molecule has 1 aromatic carbocycles. The highest BCUT2D eigenvalue weighted by molar-refractivity contribution is 7.90. The largest absolute Gasteiger partial charge is 0.381 e. The van der Waals surface area contributed by atoms with Crippen LogP contribution in [0.3, 0.4) is 0 Å². The fraction of sp³-hybridized carbons (Fsp3) is 0.571. The average Bonchev–Trinajstić information content (AvgIpc) is 2.48. The number of hydrogen-bond donors (Lipinski definition) is 1. The van der Waals surface area contributed by atoms with E-state index in [1.165, 1.54) is 0 Å². The maximum atomic E-state index is 13.8. The van der Waals surface area contributed by atoms with E-state index in [4.69, 9.17) is 4.74 Å². The number of benzene rings is 1. The van der Waals surface area contributed by atoms with Gasteiger partial charge in [0.2, 0.25) is 10.0 Å². The molecule has 0 bridgehead atoms. The molecule has 1 saturated heterocycles. The van der Waals surface area contributed by atoms with Crippen molar-refractivity contribution in [1.29, 1.82) is 0 Å². The molecule has 118 valence electrons. The molecule has 7 heteroatoms.